The molecule has 2 N–H and O–H groups in total. The molecule has 2 saturated heterocycles. The third-order valence-electron chi connectivity index (χ3n) is 7.20. The minimum absolute atomic E-state index is 0.0200. The predicted octanol–water partition coefficient (Wildman–Crippen LogP) is 3.36. The quantitative estimate of drug-likeness (QED) is 0.521. The molecule has 3 aromatic rings. The van der Waals surface area contributed by atoms with Gasteiger partial charge in [0.05, 0.1) is 23.9 Å². The first-order valence-corrected chi connectivity index (χ1v) is 12.6. The van der Waals surface area contributed by atoms with Gasteiger partial charge in [-0.15, -0.1) is 0 Å². The molecule has 9 nitrogen and oxygen atoms in total. The summed E-state index contributed by atoms with van der Waals surface area (Å²) in [7, 11) is 0. The first kappa shape index (κ1) is 24.9. The standard InChI is InChI=1S/C27H31FN6O3/c1-17-12-20(26(36)37)14-29-25(17)32-10-11-33(18(2)15-32)24-13-23(19-5-7-21(28)8-6-19)30-27(31-24)34-9-3-4-22(34)16-35/h5-8,12-14,18,22,35H,3-4,9-11,15-16H2,1-2H3,(H,36,37)/t18-,22+/m1/s1. The number of aromatic carboxylic acids is 1. The van der Waals surface area contributed by atoms with Crippen molar-refractivity contribution in [1.29, 1.82) is 0 Å². The number of anilines is 3. The Labute approximate surface area is 215 Å². The van der Waals surface area contributed by atoms with Crippen molar-refractivity contribution in [2.45, 2.75) is 38.8 Å². The number of aliphatic hydroxyl groups is 1. The van der Waals surface area contributed by atoms with E-state index < -0.39 is 5.97 Å². The Morgan fingerprint density at radius 3 is 2.57 bits per heavy atom. The Morgan fingerprint density at radius 1 is 1.11 bits per heavy atom. The molecule has 0 saturated carbocycles. The van der Waals surface area contributed by atoms with Crippen LogP contribution < -0.4 is 14.7 Å². The molecule has 0 aliphatic carbocycles. The number of pyridine rings is 1. The largest absolute Gasteiger partial charge is 0.478 e. The van der Waals surface area contributed by atoms with Crippen LogP contribution in [0, 0.1) is 12.7 Å². The van der Waals surface area contributed by atoms with Crippen molar-refractivity contribution in [3.63, 3.8) is 0 Å². The number of aliphatic hydroxyl groups excluding tert-OH is 1. The van der Waals surface area contributed by atoms with E-state index in [1.807, 2.05) is 13.0 Å². The summed E-state index contributed by atoms with van der Waals surface area (Å²) < 4.78 is 13.6. The van der Waals surface area contributed by atoms with Crippen LogP contribution in [0.25, 0.3) is 11.3 Å². The fourth-order valence-electron chi connectivity index (χ4n) is 5.26. The number of hydrogen-bond acceptors (Lipinski definition) is 8. The average molecular weight is 507 g/mol. The minimum Gasteiger partial charge on any atom is -0.478 e. The van der Waals surface area contributed by atoms with Crippen molar-refractivity contribution in [3.8, 4) is 11.3 Å². The van der Waals surface area contributed by atoms with E-state index in [0.29, 0.717) is 31.3 Å². The lowest BCUT2D eigenvalue weighted by atomic mass is 10.1. The van der Waals surface area contributed by atoms with Gasteiger partial charge in [0, 0.05) is 50.0 Å². The zero-order valence-electron chi connectivity index (χ0n) is 21.0. The van der Waals surface area contributed by atoms with Gasteiger partial charge in [-0.1, -0.05) is 0 Å². The molecule has 0 bridgehead atoms. The van der Waals surface area contributed by atoms with Crippen LogP contribution >= 0.6 is 0 Å². The number of hydrogen-bond donors (Lipinski definition) is 2. The van der Waals surface area contributed by atoms with Gasteiger partial charge >= 0.3 is 5.97 Å². The molecule has 1 aromatic carbocycles. The van der Waals surface area contributed by atoms with Crippen LogP contribution in [0.4, 0.5) is 22.0 Å². The second kappa shape index (κ2) is 10.3. The molecule has 5 rings (SSSR count). The van der Waals surface area contributed by atoms with Crippen molar-refractivity contribution in [3.05, 3.63) is 59.5 Å². The predicted molar refractivity (Wildman–Crippen MR) is 140 cm³/mol. The summed E-state index contributed by atoms with van der Waals surface area (Å²) in [6, 6.07) is 9.95. The number of halogens is 1. The fourth-order valence-corrected chi connectivity index (χ4v) is 5.26. The summed E-state index contributed by atoms with van der Waals surface area (Å²) in [6.07, 6.45) is 3.26. The van der Waals surface area contributed by atoms with Crippen LogP contribution in [-0.2, 0) is 0 Å². The Morgan fingerprint density at radius 2 is 1.89 bits per heavy atom. The van der Waals surface area contributed by atoms with Crippen molar-refractivity contribution >= 4 is 23.6 Å². The van der Waals surface area contributed by atoms with E-state index in [1.54, 1.807) is 18.2 Å². The van der Waals surface area contributed by atoms with Crippen molar-refractivity contribution in [1.82, 2.24) is 15.0 Å². The minimum atomic E-state index is -0.988. The van der Waals surface area contributed by atoms with E-state index in [1.165, 1.54) is 18.3 Å². The second-order valence-electron chi connectivity index (χ2n) is 9.75. The molecule has 2 aromatic heterocycles. The SMILES string of the molecule is Cc1cc(C(=O)O)cnc1N1CCN(c2cc(-c3ccc(F)cc3)nc(N3CCC[C@H]3CO)n2)[C@H](C)C1. The lowest BCUT2D eigenvalue weighted by molar-refractivity contribution is 0.0696. The molecular formula is C27H31FN6O3. The van der Waals surface area contributed by atoms with Crippen molar-refractivity contribution < 1.29 is 19.4 Å². The molecule has 0 unspecified atom stereocenters. The molecule has 0 radical (unpaired) electrons. The number of benzene rings is 1. The summed E-state index contributed by atoms with van der Waals surface area (Å²) in [5.41, 5.74) is 2.51. The van der Waals surface area contributed by atoms with Crippen LogP contribution in [0.1, 0.15) is 35.7 Å². The Hall–Kier alpha value is -3.79. The first-order valence-electron chi connectivity index (χ1n) is 12.6. The van der Waals surface area contributed by atoms with Gasteiger partial charge in [0.2, 0.25) is 5.95 Å². The molecule has 0 amide bonds. The molecule has 2 aliphatic rings. The van der Waals surface area contributed by atoms with Crippen molar-refractivity contribution in [2.75, 3.05) is 47.5 Å². The number of rotatable bonds is 6. The van der Waals surface area contributed by atoms with E-state index in [2.05, 4.69) is 26.6 Å². The lowest BCUT2D eigenvalue weighted by Crippen LogP contribution is -2.53. The number of nitrogens with zero attached hydrogens (tertiary/aromatic N) is 6. The normalized spacial score (nSPS) is 19.9. The number of aryl methyl sites for hydroxylation is 1. The zero-order chi connectivity index (χ0) is 26.1. The molecule has 4 heterocycles. The third kappa shape index (κ3) is 5.06. The first-order chi connectivity index (χ1) is 17.8. The van der Waals surface area contributed by atoms with Gasteiger partial charge in [-0.3, -0.25) is 0 Å². The maximum atomic E-state index is 13.6. The summed E-state index contributed by atoms with van der Waals surface area (Å²) >= 11 is 0. The molecule has 2 aliphatic heterocycles. The van der Waals surface area contributed by atoms with E-state index in [0.717, 1.165) is 42.1 Å². The van der Waals surface area contributed by atoms with Crippen LogP contribution in [0.15, 0.2) is 42.6 Å². The summed E-state index contributed by atoms with van der Waals surface area (Å²) in [6.45, 7) is 6.89. The van der Waals surface area contributed by atoms with Gasteiger partial charge in [0.25, 0.3) is 0 Å². The second-order valence-corrected chi connectivity index (χ2v) is 9.75. The highest BCUT2D eigenvalue weighted by atomic mass is 19.1. The van der Waals surface area contributed by atoms with Gasteiger partial charge < -0.3 is 24.9 Å². The highest BCUT2D eigenvalue weighted by Gasteiger charge is 2.30. The molecule has 0 spiro atoms. The number of piperazine rings is 1. The summed E-state index contributed by atoms with van der Waals surface area (Å²) in [5, 5.41) is 19.1. The van der Waals surface area contributed by atoms with E-state index in [9.17, 15) is 19.4 Å². The zero-order valence-corrected chi connectivity index (χ0v) is 21.0. The lowest BCUT2D eigenvalue weighted by Gasteiger charge is -2.41. The number of carbonyl (C=O) groups is 1. The Bertz CT molecular complexity index is 1290. The van der Waals surface area contributed by atoms with E-state index in [4.69, 9.17) is 9.97 Å². The fraction of sp³-hybridized carbons (Fsp3) is 0.407. The molecule has 10 heteroatoms. The smallest absolute Gasteiger partial charge is 0.337 e. The highest BCUT2D eigenvalue weighted by molar-refractivity contribution is 5.87. The highest BCUT2D eigenvalue weighted by Crippen LogP contribution is 2.31. The molecule has 37 heavy (non-hydrogen) atoms. The molecule has 2 fully saturated rings. The van der Waals surface area contributed by atoms with Crippen LogP contribution in [0.2, 0.25) is 0 Å². The monoisotopic (exact) mass is 506 g/mol. The Kier molecular flexibility index (Phi) is 6.92. The van der Waals surface area contributed by atoms with Gasteiger partial charge in [-0.25, -0.2) is 19.2 Å². The average Bonchev–Trinajstić information content (AvgIpc) is 3.38. The number of carboxylic acid groups (broad SMARTS) is 1. The molecule has 2 atom stereocenters. The van der Waals surface area contributed by atoms with Crippen molar-refractivity contribution in [2.24, 2.45) is 0 Å². The molecular weight excluding hydrogens is 475 g/mol. The summed E-state index contributed by atoms with van der Waals surface area (Å²) in [5.74, 6) is 0.854. The van der Waals surface area contributed by atoms with Gasteiger partial charge in [-0.2, -0.15) is 4.98 Å². The summed E-state index contributed by atoms with van der Waals surface area (Å²) in [4.78, 5) is 32.0. The van der Waals surface area contributed by atoms with E-state index in [-0.39, 0.29) is 30.1 Å². The van der Waals surface area contributed by atoms with E-state index >= 15 is 0 Å². The Balaban J connectivity index is 1.45. The van der Waals surface area contributed by atoms with Crippen LogP contribution in [0.3, 0.4) is 0 Å². The molecule has 194 valence electrons. The maximum absolute atomic E-state index is 13.6. The van der Waals surface area contributed by atoms with Gasteiger partial charge in [0.15, 0.2) is 0 Å². The topological polar surface area (TPSA) is 106 Å². The maximum Gasteiger partial charge on any atom is 0.337 e. The number of carboxylic acids is 1. The van der Waals surface area contributed by atoms with Crippen LogP contribution in [-0.4, -0.2) is 76.0 Å². The van der Waals surface area contributed by atoms with Gasteiger partial charge in [0.1, 0.15) is 17.5 Å². The van der Waals surface area contributed by atoms with Gasteiger partial charge in [-0.05, 0) is 62.6 Å². The van der Waals surface area contributed by atoms with Crippen LogP contribution in [0.5, 0.6) is 0 Å². The number of aromatic nitrogens is 3. The third-order valence-corrected chi connectivity index (χ3v) is 7.20.